The van der Waals surface area contributed by atoms with Crippen molar-refractivity contribution in [2.75, 3.05) is 6.61 Å². The van der Waals surface area contributed by atoms with Crippen molar-refractivity contribution in [3.05, 3.63) is 41.5 Å². The van der Waals surface area contributed by atoms with Gasteiger partial charge in [-0.3, -0.25) is 0 Å². The molecule has 0 fully saturated rings. The van der Waals surface area contributed by atoms with Crippen molar-refractivity contribution in [1.82, 2.24) is 0 Å². The molecule has 4 nitrogen and oxygen atoms in total. The van der Waals surface area contributed by atoms with Crippen LogP contribution in [-0.2, 0) is 19.8 Å². The van der Waals surface area contributed by atoms with Gasteiger partial charge in [0.1, 0.15) is 12.4 Å². The quantitative estimate of drug-likeness (QED) is 0.623. The highest BCUT2D eigenvalue weighted by Gasteiger charge is 2.12. The van der Waals surface area contributed by atoms with E-state index in [0.717, 1.165) is 0 Å². The molecule has 1 aromatic rings. The van der Waals surface area contributed by atoms with E-state index in [-0.39, 0.29) is 26.4 Å². The summed E-state index contributed by atoms with van der Waals surface area (Å²) < 4.78 is 5.39. The van der Waals surface area contributed by atoms with E-state index in [2.05, 4.69) is 6.58 Å². The van der Waals surface area contributed by atoms with Crippen molar-refractivity contribution >= 4 is 0 Å². The summed E-state index contributed by atoms with van der Waals surface area (Å²) in [6, 6.07) is 3.33. The largest absolute Gasteiger partial charge is 0.489 e. The molecule has 0 unspecified atom stereocenters. The van der Waals surface area contributed by atoms with Crippen LogP contribution < -0.4 is 4.74 Å². The van der Waals surface area contributed by atoms with Gasteiger partial charge >= 0.3 is 0 Å². The average molecular weight is 224 g/mol. The summed E-state index contributed by atoms with van der Waals surface area (Å²) in [7, 11) is 0. The zero-order valence-corrected chi connectivity index (χ0v) is 9.02. The first-order valence-electron chi connectivity index (χ1n) is 4.98. The van der Waals surface area contributed by atoms with E-state index in [9.17, 15) is 5.11 Å². The highest BCUT2D eigenvalue weighted by atomic mass is 16.5. The Morgan fingerprint density at radius 1 is 1.06 bits per heavy atom. The fourth-order valence-electron chi connectivity index (χ4n) is 1.49. The first kappa shape index (κ1) is 12.7. The van der Waals surface area contributed by atoms with E-state index in [1.54, 1.807) is 18.2 Å². The first-order chi connectivity index (χ1) is 7.78. The van der Waals surface area contributed by atoms with Gasteiger partial charge in [-0.2, -0.15) is 0 Å². The molecular weight excluding hydrogens is 208 g/mol. The van der Waals surface area contributed by atoms with Crippen LogP contribution in [0.2, 0.25) is 0 Å². The predicted octanol–water partition coefficient (Wildman–Crippen LogP) is 0.728. The molecule has 0 saturated heterocycles. The van der Waals surface area contributed by atoms with E-state index >= 15 is 0 Å². The molecule has 16 heavy (non-hydrogen) atoms. The molecule has 0 spiro atoms. The number of ether oxygens (including phenoxy) is 1. The highest BCUT2D eigenvalue weighted by molar-refractivity contribution is 5.46. The third-order valence-electron chi connectivity index (χ3n) is 2.28. The van der Waals surface area contributed by atoms with E-state index in [1.807, 2.05) is 0 Å². The summed E-state index contributed by atoms with van der Waals surface area (Å²) in [6.45, 7) is 3.23. The Morgan fingerprint density at radius 3 is 2.19 bits per heavy atom. The van der Waals surface area contributed by atoms with Crippen molar-refractivity contribution in [3.8, 4) is 5.75 Å². The van der Waals surface area contributed by atoms with Crippen molar-refractivity contribution in [1.29, 1.82) is 0 Å². The summed E-state index contributed by atoms with van der Waals surface area (Å²) >= 11 is 0. The number of hydrogen-bond donors (Lipinski definition) is 3. The van der Waals surface area contributed by atoms with Gasteiger partial charge in [-0.1, -0.05) is 24.8 Å². The maximum Gasteiger partial charge on any atom is 0.131 e. The molecule has 1 rings (SSSR count). The number of aliphatic hydroxyl groups is 3. The standard InChI is InChI=1S/C12H16O4/c1-2-5-16-12-10(7-14)4-3-9(6-13)11(12)8-15/h2-4,13-15H,1,5-8H2. The molecule has 1 aromatic carbocycles. The van der Waals surface area contributed by atoms with E-state index in [4.69, 9.17) is 14.9 Å². The van der Waals surface area contributed by atoms with Crippen LogP contribution in [0.4, 0.5) is 0 Å². The lowest BCUT2D eigenvalue weighted by Gasteiger charge is -2.15. The van der Waals surface area contributed by atoms with Gasteiger partial charge in [-0.25, -0.2) is 0 Å². The van der Waals surface area contributed by atoms with Gasteiger partial charge in [0.05, 0.1) is 19.8 Å². The topological polar surface area (TPSA) is 69.9 Å². The smallest absolute Gasteiger partial charge is 0.131 e. The second kappa shape index (κ2) is 6.27. The van der Waals surface area contributed by atoms with Gasteiger partial charge in [0, 0.05) is 11.1 Å². The molecule has 0 aliphatic carbocycles. The fraction of sp³-hybridized carbons (Fsp3) is 0.333. The molecule has 4 heteroatoms. The minimum atomic E-state index is -0.240. The van der Waals surface area contributed by atoms with Crippen LogP contribution in [0.1, 0.15) is 16.7 Å². The third kappa shape index (κ3) is 2.61. The van der Waals surface area contributed by atoms with E-state index in [0.29, 0.717) is 22.4 Å². The molecule has 0 heterocycles. The SMILES string of the molecule is C=CCOc1c(CO)ccc(CO)c1CO. The minimum absolute atomic E-state index is 0.175. The summed E-state index contributed by atoms with van der Waals surface area (Å²) in [5, 5.41) is 27.5. The van der Waals surface area contributed by atoms with Crippen LogP contribution in [0.25, 0.3) is 0 Å². The van der Waals surface area contributed by atoms with Gasteiger partial charge < -0.3 is 20.1 Å². The lowest BCUT2D eigenvalue weighted by molar-refractivity contribution is 0.243. The molecule has 88 valence electrons. The summed E-state index contributed by atoms with van der Waals surface area (Å²) in [5.41, 5.74) is 1.69. The van der Waals surface area contributed by atoms with Crippen LogP contribution in [0, 0.1) is 0 Å². The molecule has 0 aliphatic rings. The Morgan fingerprint density at radius 2 is 1.69 bits per heavy atom. The Kier molecular flexibility index (Phi) is 4.98. The maximum absolute atomic E-state index is 9.25. The number of benzene rings is 1. The van der Waals surface area contributed by atoms with Gasteiger partial charge in [-0.05, 0) is 5.56 Å². The Bertz CT molecular complexity index is 360. The average Bonchev–Trinajstić information content (AvgIpc) is 2.34. The minimum Gasteiger partial charge on any atom is -0.489 e. The van der Waals surface area contributed by atoms with Crippen molar-refractivity contribution in [3.63, 3.8) is 0 Å². The monoisotopic (exact) mass is 224 g/mol. The lowest BCUT2D eigenvalue weighted by Crippen LogP contribution is -2.05. The van der Waals surface area contributed by atoms with Crippen LogP contribution in [0.15, 0.2) is 24.8 Å². The van der Waals surface area contributed by atoms with Gasteiger partial charge in [0.25, 0.3) is 0 Å². The van der Waals surface area contributed by atoms with E-state index < -0.39 is 0 Å². The summed E-state index contributed by atoms with van der Waals surface area (Å²) in [5.74, 6) is 0.427. The predicted molar refractivity (Wildman–Crippen MR) is 59.9 cm³/mol. The van der Waals surface area contributed by atoms with Crippen molar-refractivity contribution < 1.29 is 20.1 Å². The van der Waals surface area contributed by atoms with E-state index in [1.165, 1.54) is 0 Å². The Labute approximate surface area is 94.4 Å². The maximum atomic E-state index is 9.25. The second-order valence-electron chi connectivity index (χ2n) is 3.27. The molecule has 0 saturated carbocycles. The van der Waals surface area contributed by atoms with Crippen molar-refractivity contribution in [2.24, 2.45) is 0 Å². The number of aliphatic hydroxyl groups excluding tert-OH is 3. The number of rotatable bonds is 6. The lowest BCUT2D eigenvalue weighted by atomic mass is 10.0. The summed E-state index contributed by atoms with van der Waals surface area (Å²) in [6.07, 6.45) is 1.58. The Hall–Kier alpha value is -1.36. The molecule has 0 bridgehead atoms. The normalized spacial score (nSPS) is 10.2. The molecule has 0 aromatic heterocycles. The van der Waals surface area contributed by atoms with Crippen LogP contribution in [-0.4, -0.2) is 21.9 Å². The Balaban J connectivity index is 3.19. The zero-order chi connectivity index (χ0) is 12.0. The highest BCUT2D eigenvalue weighted by Crippen LogP contribution is 2.28. The van der Waals surface area contributed by atoms with Crippen LogP contribution in [0.3, 0.4) is 0 Å². The van der Waals surface area contributed by atoms with Crippen LogP contribution in [0.5, 0.6) is 5.75 Å². The van der Waals surface area contributed by atoms with Gasteiger partial charge in [0.15, 0.2) is 0 Å². The van der Waals surface area contributed by atoms with Gasteiger partial charge in [-0.15, -0.1) is 0 Å². The fourth-order valence-corrected chi connectivity index (χ4v) is 1.49. The molecule has 0 radical (unpaired) electrons. The van der Waals surface area contributed by atoms with Crippen LogP contribution >= 0.6 is 0 Å². The molecule has 0 amide bonds. The second-order valence-corrected chi connectivity index (χ2v) is 3.27. The van der Waals surface area contributed by atoms with Crippen molar-refractivity contribution in [2.45, 2.75) is 19.8 Å². The third-order valence-corrected chi connectivity index (χ3v) is 2.28. The first-order valence-corrected chi connectivity index (χ1v) is 4.98. The van der Waals surface area contributed by atoms with Gasteiger partial charge in [0.2, 0.25) is 0 Å². The molecular formula is C12H16O4. The zero-order valence-electron chi connectivity index (χ0n) is 9.02. The number of hydrogen-bond acceptors (Lipinski definition) is 4. The molecule has 0 atom stereocenters. The molecule has 0 aliphatic heterocycles. The summed E-state index contributed by atoms with van der Waals surface area (Å²) in [4.78, 5) is 0. The molecule has 3 N–H and O–H groups in total.